The van der Waals surface area contributed by atoms with E-state index in [0.717, 1.165) is 73.7 Å². The molecule has 4 aromatic rings. The summed E-state index contributed by atoms with van der Waals surface area (Å²) >= 11 is 5.83. The molecule has 4 heterocycles. The number of alkyl halides is 2. The first kappa shape index (κ1) is 27.5. The van der Waals surface area contributed by atoms with Gasteiger partial charge >= 0.3 is 0 Å². The molecule has 2 amide bonds. The lowest BCUT2D eigenvalue weighted by molar-refractivity contribution is -0.118. The minimum Gasteiger partial charge on any atom is -0.318 e. The number of fused-ring (bicyclic) bond motifs is 2. The summed E-state index contributed by atoms with van der Waals surface area (Å²) in [6.07, 6.45) is 7.96. The Kier molecular flexibility index (Phi) is 6.68. The summed E-state index contributed by atoms with van der Waals surface area (Å²) in [5.41, 5.74) is 2.13. The average molecular weight is 608 g/mol. The van der Waals surface area contributed by atoms with Crippen LogP contribution in [0, 0.1) is 17.7 Å². The summed E-state index contributed by atoms with van der Waals surface area (Å²) in [6, 6.07) is 1.85. The normalized spacial score (nSPS) is 19.5. The van der Waals surface area contributed by atoms with E-state index in [1.807, 2.05) is 18.0 Å². The summed E-state index contributed by atoms with van der Waals surface area (Å²) in [5.74, 6) is -0.152. The number of benzene rings is 1. The Bertz CT molecular complexity index is 1800. The van der Waals surface area contributed by atoms with E-state index in [1.165, 1.54) is 11.8 Å². The van der Waals surface area contributed by atoms with Gasteiger partial charge in [-0.15, -0.1) is 0 Å². The summed E-state index contributed by atoms with van der Waals surface area (Å²) in [5, 5.41) is 6.77. The number of nitrogens with one attached hydrogen (secondary N) is 1. The molecular formula is C30H25ClF3N7O2. The van der Waals surface area contributed by atoms with Gasteiger partial charge in [0.2, 0.25) is 5.91 Å². The van der Waals surface area contributed by atoms with Crippen LogP contribution in [0.15, 0.2) is 43.1 Å². The number of halogens is 4. The molecule has 3 atom stereocenters. The number of anilines is 2. The van der Waals surface area contributed by atoms with Crippen molar-refractivity contribution < 1.29 is 22.8 Å². The Morgan fingerprint density at radius 1 is 1.12 bits per heavy atom. The number of piperidine rings is 1. The molecule has 3 aromatic heterocycles. The Morgan fingerprint density at radius 2 is 1.93 bits per heavy atom. The van der Waals surface area contributed by atoms with Crippen molar-refractivity contribution in [1.29, 1.82) is 0 Å². The van der Waals surface area contributed by atoms with Gasteiger partial charge in [0.1, 0.15) is 11.5 Å². The molecule has 1 N–H and O–H groups in total. The van der Waals surface area contributed by atoms with Gasteiger partial charge in [0.25, 0.3) is 12.3 Å². The van der Waals surface area contributed by atoms with Crippen LogP contribution in [0.3, 0.4) is 0 Å². The first-order valence-electron chi connectivity index (χ1n) is 14.0. The lowest BCUT2D eigenvalue weighted by atomic mass is 10.0. The third-order valence-corrected chi connectivity index (χ3v) is 8.82. The topological polar surface area (TPSA) is 106 Å². The van der Waals surface area contributed by atoms with Gasteiger partial charge in [-0.2, -0.15) is 5.10 Å². The predicted octanol–water partition coefficient (Wildman–Crippen LogP) is 5.80. The third kappa shape index (κ3) is 4.73. The first-order chi connectivity index (χ1) is 20.7. The molecule has 0 bridgehead atoms. The van der Waals surface area contributed by atoms with Gasteiger partial charge in [-0.05, 0) is 61.3 Å². The molecule has 1 aromatic carbocycles. The van der Waals surface area contributed by atoms with E-state index >= 15 is 0 Å². The van der Waals surface area contributed by atoms with E-state index in [4.69, 9.17) is 16.6 Å². The molecule has 1 saturated heterocycles. The zero-order chi connectivity index (χ0) is 30.0. The van der Waals surface area contributed by atoms with Crippen LogP contribution in [0.2, 0.25) is 5.02 Å². The fraction of sp³-hybridized carbons (Fsp3) is 0.333. The fourth-order valence-electron chi connectivity index (χ4n) is 6.21. The van der Waals surface area contributed by atoms with Gasteiger partial charge in [-0.1, -0.05) is 17.7 Å². The molecule has 0 spiro atoms. The number of hydrogen-bond donors (Lipinski definition) is 1. The SMILES string of the molecule is C[C@@H](c1cnc(N2C[C@H]3C[C@H]3C2=O)c2c1CCC2)n1cc(NC(=O)c2cncc(-c3c(C(F)F)ccc(Cl)c3F)n2)cn1. The Hall–Kier alpha value is -4.32. The van der Waals surface area contributed by atoms with E-state index in [1.54, 1.807) is 10.9 Å². The maximum absolute atomic E-state index is 14.8. The zero-order valence-electron chi connectivity index (χ0n) is 22.9. The quantitative estimate of drug-likeness (QED) is 0.285. The van der Waals surface area contributed by atoms with Gasteiger partial charge < -0.3 is 5.32 Å². The second-order valence-corrected chi connectivity index (χ2v) is 11.6. The second-order valence-electron chi connectivity index (χ2n) is 11.2. The highest BCUT2D eigenvalue weighted by atomic mass is 35.5. The van der Waals surface area contributed by atoms with E-state index in [2.05, 4.69) is 20.4 Å². The number of carbonyl (C=O) groups is 2. The van der Waals surface area contributed by atoms with Gasteiger partial charge in [0.15, 0.2) is 5.82 Å². The van der Waals surface area contributed by atoms with Crippen LogP contribution in [0.1, 0.15) is 65.0 Å². The fourth-order valence-corrected chi connectivity index (χ4v) is 6.37. The molecule has 0 radical (unpaired) electrons. The summed E-state index contributed by atoms with van der Waals surface area (Å²) in [7, 11) is 0. The Labute approximate surface area is 249 Å². The van der Waals surface area contributed by atoms with E-state index in [0.29, 0.717) is 11.6 Å². The van der Waals surface area contributed by atoms with Crippen molar-refractivity contribution in [3.63, 3.8) is 0 Å². The number of pyridine rings is 1. The number of nitrogens with zero attached hydrogens (tertiary/aromatic N) is 6. The third-order valence-electron chi connectivity index (χ3n) is 8.53. The van der Waals surface area contributed by atoms with Crippen molar-refractivity contribution in [2.24, 2.45) is 11.8 Å². The maximum Gasteiger partial charge on any atom is 0.275 e. The number of hydrogen-bond acceptors (Lipinski definition) is 6. The summed E-state index contributed by atoms with van der Waals surface area (Å²) in [6.45, 7) is 2.73. The van der Waals surface area contributed by atoms with Crippen LogP contribution in [-0.4, -0.2) is 43.1 Å². The van der Waals surface area contributed by atoms with Crippen LogP contribution in [0.4, 0.5) is 24.7 Å². The molecule has 1 saturated carbocycles. The van der Waals surface area contributed by atoms with Gasteiger partial charge in [0.05, 0.1) is 41.0 Å². The standard InChI is InChI=1S/C30H25ClF3N7O2/c1-14(21-9-36-28(18-4-2-3-17(18)21)40-12-15-7-20(15)30(40)43)41-13-16(8-37-41)38-29(42)24-11-35-10-23(39-24)25-19(27(33)34)5-6-22(31)26(25)32/h5-6,8-11,13-15,20,27H,2-4,7,12H2,1H3,(H,38,42)/t14-,15+,20+/m0/s1. The van der Waals surface area contributed by atoms with Crippen molar-refractivity contribution >= 4 is 34.9 Å². The molecule has 0 unspecified atom stereocenters. The minimum atomic E-state index is -2.99. The molecular weight excluding hydrogens is 583 g/mol. The predicted molar refractivity (Wildman–Crippen MR) is 152 cm³/mol. The van der Waals surface area contributed by atoms with Crippen LogP contribution in [-0.2, 0) is 17.6 Å². The van der Waals surface area contributed by atoms with Crippen molar-refractivity contribution in [3.05, 3.63) is 81.9 Å². The largest absolute Gasteiger partial charge is 0.318 e. The molecule has 7 rings (SSSR count). The second kappa shape index (κ2) is 10.4. The highest BCUT2D eigenvalue weighted by Gasteiger charge is 2.53. The van der Waals surface area contributed by atoms with Crippen molar-refractivity contribution in [1.82, 2.24) is 24.7 Å². The highest BCUT2D eigenvalue weighted by Crippen LogP contribution is 2.48. The molecule has 43 heavy (non-hydrogen) atoms. The monoisotopic (exact) mass is 607 g/mol. The molecule has 9 nitrogen and oxygen atoms in total. The smallest absolute Gasteiger partial charge is 0.275 e. The Morgan fingerprint density at radius 3 is 2.70 bits per heavy atom. The van der Waals surface area contributed by atoms with Gasteiger partial charge in [-0.3, -0.25) is 24.2 Å². The molecule has 2 fully saturated rings. The molecule has 3 aliphatic rings. The van der Waals surface area contributed by atoms with Crippen LogP contribution >= 0.6 is 11.6 Å². The van der Waals surface area contributed by atoms with Gasteiger partial charge in [0, 0.05) is 36.0 Å². The summed E-state index contributed by atoms with van der Waals surface area (Å²) in [4.78, 5) is 40.4. The van der Waals surface area contributed by atoms with E-state index in [-0.39, 0.29) is 34.3 Å². The van der Waals surface area contributed by atoms with Crippen LogP contribution in [0.25, 0.3) is 11.3 Å². The zero-order valence-corrected chi connectivity index (χ0v) is 23.7. The lowest BCUT2D eigenvalue weighted by Gasteiger charge is -2.23. The Balaban J connectivity index is 1.11. The van der Waals surface area contributed by atoms with Crippen LogP contribution < -0.4 is 10.2 Å². The molecule has 1 aliphatic heterocycles. The first-order valence-corrected chi connectivity index (χ1v) is 14.3. The van der Waals surface area contributed by atoms with Crippen molar-refractivity contribution in [2.45, 2.75) is 45.1 Å². The average Bonchev–Trinajstić information content (AvgIpc) is 3.29. The van der Waals surface area contributed by atoms with Gasteiger partial charge in [-0.25, -0.2) is 23.1 Å². The van der Waals surface area contributed by atoms with Crippen LogP contribution in [0.5, 0.6) is 0 Å². The molecule has 220 valence electrons. The number of rotatable bonds is 7. The van der Waals surface area contributed by atoms with Crippen molar-refractivity contribution in [3.8, 4) is 11.3 Å². The molecule has 2 aliphatic carbocycles. The number of aromatic nitrogens is 5. The summed E-state index contributed by atoms with van der Waals surface area (Å²) < 4.78 is 43.6. The molecule has 13 heteroatoms. The number of amides is 2. The maximum atomic E-state index is 14.8. The minimum absolute atomic E-state index is 0.164. The lowest BCUT2D eigenvalue weighted by Crippen LogP contribution is -2.30. The van der Waals surface area contributed by atoms with E-state index in [9.17, 15) is 22.8 Å². The van der Waals surface area contributed by atoms with Crippen molar-refractivity contribution in [2.75, 3.05) is 16.8 Å². The van der Waals surface area contributed by atoms with E-state index < -0.39 is 29.3 Å². The number of carbonyl (C=O) groups excluding carboxylic acids is 2. The highest BCUT2D eigenvalue weighted by molar-refractivity contribution is 6.31.